The van der Waals surface area contributed by atoms with E-state index in [0.717, 1.165) is 36.8 Å². The summed E-state index contributed by atoms with van der Waals surface area (Å²) in [4.78, 5) is 0. The summed E-state index contributed by atoms with van der Waals surface area (Å²) in [7, 11) is 2.61. The summed E-state index contributed by atoms with van der Waals surface area (Å²) in [6, 6.07) is 0.827. The highest BCUT2D eigenvalue weighted by Gasteiger charge is 2.37. The van der Waals surface area contributed by atoms with E-state index in [9.17, 15) is 0 Å². The maximum absolute atomic E-state index is 6.18. The van der Waals surface area contributed by atoms with Gasteiger partial charge in [0.2, 0.25) is 0 Å². The van der Waals surface area contributed by atoms with Crippen LogP contribution in [0, 0.1) is 17.8 Å². The van der Waals surface area contributed by atoms with Crippen LogP contribution in [0.5, 0.6) is 0 Å². The lowest BCUT2D eigenvalue weighted by molar-refractivity contribution is 0.00547. The van der Waals surface area contributed by atoms with Gasteiger partial charge in [0, 0.05) is 34.0 Å². The predicted octanol–water partition coefficient (Wildman–Crippen LogP) is 6.61. The van der Waals surface area contributed by atoms with E-state index in [4.69, 9.17) is 18.0 Å². The summed E-state index contributed by atoms with van der Waals surface area (Å²) >= 11 is 0. The van der Waals surface area contributed by atoms with E-state index in [0.29, 0.717) is 6.10 Å². The molecule has 2 fully saturated rings. The van der Waals surface area contributed by atoms with Crippen LogP contribution in [0.25, 0.3) is 0 Å². The van der Waals surface area contributed by atoms with Gasteiger partial charge in [-0.1, -0.05) is 51.9 Å². The van der Waals surface area contributed by atoms with Crippen molar-refractivity contribution in [1.82, 2.24) is 0 Å². The van der Waals surface area contributed by atoms with Crippen LogP contribution in [0.2, 0.25) is 6.04 Å². The topological polar surface area (TPSA) is 36.9 Å². The van der Waals surface area contributed by atoms with Crippen molar-refractivity contribution in [3.8, 4) is 0 Å². The van der Waals surface area contributed by atoms with Gasteiger partial charge in [0.1, 0.15) is 0 Å². The van der Waals surface area contributed by atoms with Gasteiger partial charge >= 0.3 is 8.80 Å². The predicted molar refractivity (Wildman–Crippen MR) is 122 cm³/mol. The zero-order chi connectivity index (χ0) is 21.0. The Balaban J connectivity index is 1.55. The lowest BCUT2D eigenvalue weighted by atomic mass is 9.70. The molecular formula is C24H48O4Si. The van der Waals surface area contributed by atoms with Crippen molar-refractivity contribution in [1.29, 1.82) is 0 Å². The van der Waals surface area contributed by atoms with Crippen LogP contribution < -0.4 is 0 Å². The van der Waals surface area contributed by atoms with Gasteiger partial charge in [0.25, 0.3) is 0 Å². The third kappa shape index (κ3) is 8.60. The van der Waals surface area contributed by atoms with Gasteiger partial charge in [-0.15, -0.1) is 0 Å². The van der Waals surface area contributed by atoms with Crippen LogP contribution in [-0.2, 0) is 18.0 Å². The minimum atomic E-state index is -2.44. The van der Waals surface area contributed by atoms with Crippen LogP contribution in [0.3, 0.4) is 0 Å². The Labute approximate surface area is 181 Å². The monoisotopic (exact) mass is 428 g/mol. The zero-order valence-corrected chi connectivity index (χ0v) is 20.8. The molecule has 0 unspecified atom stereocenters. The SMILES string of the molecule is CCCCCCC1CCC(C2CCC(OCCC[Si](OC)(OC)OC)CC2)CC1. The van der Waals surface area contributed by atoms with Crippen LogP contribution in [0.1, 0.15) is 96.8 Å². The van der Waals surface area contributed by atoms with Gasteiger partial charge in [-0.2, -0.15) is 0 Å². The summed E-state index contributed by atoms with van der Waals surface area (Å²) in [5.74, 6) is 3.00. The number of rotatable bonds is 14. The minimum Gasteiger partial charge on any atom is -0.378 e. The van der Waals surface area contributed by atoms with Crippen molar-refractivity contribution < 1.29 is 18.0 Å². The molecule has 0 aliphatic heterocycles. The van der Waals surface area contributed by atoms with Crippen molar-refractivity contribution >= 4 is 8.80 Å². The average Bonchev–Trinajstić information content (AvgIpc) is 2.78. The second kappa shape index (κ2) is 14.2. The first kappa shape index (κ1) is 25.3. The number of hydrogen-bond donors (Lipinski definition) is 0. The van der Waals surface area contributed by atoms with E-state index in [1.165, 1.54) is 83.5 Å². The van der Waals surface area contributed by atoms with Crippen LogP contribution in [-0.4, -0.2) is 42.8 Å². The molecule has 4 nitrogen and oxygen atoms in total. The van der Waals surface area contributed by atoms with E-state index in [1.807, 2.05) is 0 Å². The molecule has 5 heteroatoms. The van der Waals surface area contributed by atoms with Gasteiger partial charge in [0.15, 0.2) is 0 Å². The molecule has 0 aromatic rings. The molecular weight excluding hydrogens is 380 g/mol. The number of unbranched alkanes of at least 4 members (excludes halogenated alkanes) is 3. The molecule has 0 radical (unpaired) electrons. The fourth-order valence-electron chi connectivity index (χ4n) is 5.63. The first-order valence-electron chi connectivity index (χ1n) is 12.4. The molecule has 0 heterocycles. The molecule has 0 N–H and O–H groups in total. The van der Waals surface area contributed by atoms with Crippen molar-refractivity contribution in [2.75, 3.05) is 27.9 Å². The minimum absolute atomic E-state index is 0.463. The van der Waals surface area contributed by atoms with Gasteiger partial charge < -0.3 is 18.0 Å². The first-order chi connectivity index (χ1) is 14.2. The summed E-state index contributed by atoms with van der Waals surface area (Å²) in [6.07, 6.45) is 19.8. The van der Waals surface area contributed by atoms with Gasteiger partial charge in [-0.3, -0.25) is 0 Å². The standard InChI is InChI=1S/C24H48O4Si/c1-5-6-7-8-10-21-11-13-22(14-12-21)23-15-17-24(18-16-23)28-19-9-20-29(25-2,26-3)27-4/h21-24H,5-20H2,1-4H3. The number of ether oxygens (including phenoxy) is 1. The lowest BCUT2D eigenvalue weighted by Gasteiger charge is -2.38. The molecule has 0 spiro atoms. The fraction of sp³-hybridized carbons (Fsp3) is 1.00. The fourth-order valence-corrected chi connectivity index (χ4v) is 7.32. The van der Waals surface area contributed by atoms with Crippen LogP contribution in [0.15, 0.2) is 0 Å². The van der Waals surface area contributed by atoms with E-state index >= 15 is 0 Å². The highest BCUT2D eigenvalue weighted by molar-refractivity contribution is 6.60. The van der Waals surface area contributed by atoms with E-state index < -0.39 is 8.80 Å². The molecule has 2 aliphatic carbocycles. The Morgan fingerprint density at radius 2 is 1.28 bits per heavy atom. The van der Waals surface area contributed by atoms with E-state index in [-0.39, 0.29) is 0 Å². The van der Waals surface area contributed by atoms with Crippen LogP contribution >= 0.6 is 0 Å². The Morgan fingerprint density at radius 3 is 1.83 bits per heavy atom. The first-order valence-corrected chi connectivity index (χ1v) is 14.4. The van der Waals surface area contributed by atoms with E-state index in [2.05, 4.69) is 6.92 Å². The third-order valence-corrected chi connectivity index (χ3v) is 10.5. The largest absolute Gasteiger partial charge is 0.500 e. The Hall–Kier alpha value is 0.0569. The van der Waals surface area contributed by atoms with Crippen molar-refractivity contribution in [2.24, 2.45) is 17.8 Å². The van der Waals surface area contributed by atoms with Gasteiger partial charge in [-0.25, -0.2) is 0 Å². The lowest BCUT2D eigenvalue weighted by Crippen LogP contribution is -2.42. The molecule has 0 atom stereocenters. The van der Waals surface area contributed by atoms with E-state index in [1.54, 1.807) is 21.3 Å². The zero-order valence-electron chi connectivity index (χ0n) is 19.8. The molecule has 0 saturated heterocycles. The normalized spacial score (nSPS) is 28.6. The molecule has 2 saturated carbocycles. The molecule has 0 bridgehead atoms. The highest BCUT2D eigenvalue weighted by Crippen LogP contribution is 2.41. The molecule has 2 rings (SSSR count). The average molecular weight is 429 g/mol. The summed E-state index contributed by atoms with van der Waals surface area (Å²) in [5, 5.41) is 0. The van der Waals surface area contributed by atoms with Gasteiger partial charge in [0.05, 0.1) is 6.10 Å². The van der Waals surface area contributed by atoms with Crippen molar-refractivity contribution in [2.45, 2.75) is 109 Å². The Morgan fingerprint density at radius 1 is 0.690 bits per heavy atom. The summed E-state index contributed by atoms with van der Waals surface area (Å²) in [6.45, 7) is 3.10. The number of hydrogen-bond acceptors (Lipinski definition) is 4. The molecule has 29 heavy (non-hydrogen) atoms. The molecule has 0 aromatic heterocycles. The summed E-state index contributed by atoms with van der Waals surface area (Å²) < 4.78 is 22.6. The molecule has 0 aromatic carbocycles. The second-order valence-electron chi connectivity index (χ2n) is 9.44. The smallest absolute Gasteiger partial charge is 0.378 e. The molecule has 172 valence electrons. The maximum atomic E-state index is 6.18. The Kier molecular flexibility index (Phi) is 12.4. The maximum Gasteiger partial charge on any atom is 0.500 e. The molecule has 0 amide bonds. The molecule has 2 aliphatic rings. The van der Waals surface area contributed by atoms with Crippen LogP contribution in [0.4, 0.5) is 0 Å². The Bertz CT molecular complexity index is 391. The van der Waals surface area contributed by atoms with Gasteiger partial charge in [-0.05, 0) is 62.7 Å². The second-order valence-corrected chi connectivity index (χ2v) is 12.5. The van der Waals surface area contributed by atoms with Crippen molar-refractivity contribution in [3.63, 3.8) is 0 Å². The quantitative estimate of drug-likeness (QED) is 0.230. The summed E-state index contributed by atoms with van der Waals surface area (Å²) in [5.41, 5.74) is 0. The highest BCUT2D eigenvalue weighted by atomic mass is 28.4. The third-order valence-electron chi connectivity index (χ3n) is 7.66. The van der Waals surface area contributed by atoms with Crippen molar-refractivity contribution in [3.05, 3.63) is 0 Å².